The maximum atomic E-state index is 11.9. The Kier molecular flexibility index (Phi) is 5.03. The Hall–Kier alpha value is -0.330. The lowest BCUT2D eigenvalue weighted by Gasteiger charge is -2.32. The molecule has 104 valence electrons. The van der Waals surface area contributed by atoms with E-state index in [4.69, 9.17) is 4.42 Å². The summed E-state index contributed by atoms with van der Waals surface area (Å²) in [5.74, 6) is 0.630. The molecule has 0 saturated heterocycles. The Bertz CT molecular complexity index is 493. The molecular formula is C12H20BrNO3S. The Labute approximate surface area is 117 Å². The quantitative estimate of drug-likeness (QED) is 0.866. The van der Waals surface area contributed by atoms with Gasteiger partial charge in [0.15, 0.2) is 14.5 Å². The highest BCUT2D eigenvalue weighted by atomic mass is 79.9. The summed E-state index contributed by atoms with van der Waals surface area (Å²) in [5, 5.41) is 3.25. The van der Waals surface area contributed by atoms with Crippen LogP contribution in [0.25, 0.3) is 0 Å². The summed E-state index contributed by atoms with van der Waals surface area (Å²) in [7, 11) is -3.21. The van der Waals surface area contributed by atoms with Gasteiger partial charge in [-0.05, 0) is 54.9 Å². The van der Waals surface area contributed by atoms with Crippen molar-refractivity contribution < 1.29 is 12.8 Å². The largest absolute Gasteiger partial charge is 0.453 e. The molecule has 0 aliphatic rings. The van der Waals surface area contributed by atoms with Gasteiger partial charge < -0.3 is 9.73 Å². The average Bonchev–Trinajstić information content (AvgIpc) is 2.63. The number of nitrogens with one attached hydrogen (secondary N) is 1. The van der Waals surface area contributed by atoms with Gasteiger partial charge in [0.1, 0.15) is 5.76 Å². The second-order valence-corrected chi connectivity index (χ2v) is 8.28. The summed E-state index contributed by atoms with van der Waals surface area (Å²) in [6.45, 7) is 6.20. The lowest BCUT2D eigenvalue weighted by Crippen LogP contribution is -2.45. The van der Waals surface area contributed by atoms with Crippen LogP contribution in [0.3, 0.4) is 0 Å². The van der Waals surface area contributed by atoms with Gasteiger partial charge in [0, 0.05) is 6.26 Å². The SMILES string of the molecule is CCCNC(c1ccc(Br)o1)C(C)(C)S(C)(=O)=O. The number of halogens is 1. The van der Waals surface area contributed by atoms with Crippen LogP contribution in [0.5, 0.6) is 0 Å². The van der Waals surface area contributed by atoms with E-state index in [1.807, 2.05) is 6.92 Å². The second kappa shape index (κ2) is 5.75. The molecule has 1 atom stereocenters. The number of hydrogen-bond donors (Lipinski definition) is 1. The first-order valence-electron chi connectivity index (χ1n) is 5.88. The van der Waals surface area contributed by atoms with Gasteiger partial charge in [-0.2, -0.15) is 0 Å². The molecule has 0 spiro atoms. The molecule has 1 N–H and O–H groups in total. The summed E-state index contributed by atoms with van der Waals surface area (Å²) in [4.78, 5) is 0. The third-order valence-electron chi connectivity index (χ3n) is 3.13. The molecule has 0 amide bonds. The third-order valence-corrected chi connectivity index (χ3v) is 5.70. The van der Waals surface area contributed by atoms with E-state index >= 15 is 0 Å². The van der Waals surface area contributed by atoms with E-state index in [0.29, 0.717) is 10.4 Å². The van der Waals surface area contributed by atoms with Crippen LogP contribution in [0.2, 0.25) is 0 Å². The zero-order chi connectivity index (χ0) is 14.0. The van der Waals surface area contributed by atoms with E-state index in [1.54, 1.807) is 26.0 Å². The number of furan rings is 1. The topological polar surface area (TPSA) is 59.3 Å². The fourth-order valence-corrected chi connectivity index (χ4v) is 2.62. The molecule has 1 heterocycles. The molecule has 1 aromatic rings. The zero-order valence-electron chi connectivity index (χ0n) is 11.2. The minimum Gasteiger partial charge on any atom is -0.453 e. The van der Waals surface area contributed by atoms with Gasteiger partial charge in [-0.15, -0.1) is 0 Å². The van der Waals surface area contributed by atoms with Gasteiger partial charge in [0.25, 0.3) is 0 Å². The maximum Gasteiger partial charge on any atom is 0.169 e. The van der Waals surface area contributed by atoms with Crippen molar-refractivity contribution >= 4 is 25.8 Å². The van der Waals surface area contributed by atoms with Gasteiger partial charge in [-0.1, -0.05) is 6.92 Å². The summed E-state index contributed by atoms with van der Waals surface area (Å²) < 4.78 is 29.1. The normalized spacial score (nSPS) is 14.7. The van der Waals surface area contributed by atoms with Gasteiger partial charge in [0.05, 0.1) is 10.8 Å². The summed E-state index contributed by atoms with van der Waals surface area (Å²) in [6.07, 6.45) is 2.18. The van der Waals surface area contributed by atoms with E-state index in [9.17, 15) is 8.42 Å². The first-order chi connectivity index (χ1) is 8.20. The molecular weight excluding hydrogens is 318 g/mol. The molecule has 1 rings (SSSR count). The molecule has 0 aromatic carbocycles. The maximum absolute atomic E-state index is 11.9. The highest BCUT2D eigenvalue weighted by Gasteiger charge is 2.41. The Balaban J connectivity index is 3.13. The van der Waals surface area contributed by atoms with Crippen molar-refractivity contribution in [1.29, 1.82) is 0 Å². The molecule has 0 aliphatic carbocycles. The molecule has 0 aliphatic heterocycles. The molecule has 6 heteroatoms. The standard InChI is InChI=1S/C12H20BrNO3S/c1-5-8-14-11(9-6-7-10(13)17-9)12(2,3)18(4,15)16/h6-7,11,14H,5,8H2,1-4H3. The molecule has 0 radical (unpaired) electrons. The zero-order valence-corrected chi connectivity index (χ0v) is 13.6. The molecule has 0 bridgehead atoms. The third kappa shape index (κ3) is 3.36. The number of hydrogen-bond acceptors (Lipinski definition) is 4. The van der Waals surface area contributed by atoms with Crippen LogP contribution in [0.4, 0.5) is 0 Å². The van der Waals surface area contributed by atoms with E-state index in [-0.39, 0.29) is 6.04 Å². The first kappa shape index (κ1) is 15.7. The van der Waals surface area contributed by atoms with E-state index < -0.39 is 14.6 Å². The molecule has 1 aromatic heterocycles. The first-order valence-corrected chi connectivity index (χ1v) is 8.56. The van der Waals surface area contributed by atoms with Gasteiger partial charge in [-0.3, -0.25) is 0 Å². The fraction of sp³-hybridized carbons (Fsp3) is 0.667. The van der Waals surface area contributed by atoms with Crippen molar-refractivity contribution in [2.45, 2.75) is 38.0 Å². The van der Waals surface area contributed by atoms with Crippen molar-refractivity contribution in [3.05, 3.63) is 22.6 Å². The lowest BCUT2D eigenvalue weighted by molar-refractivity contribution is 0.346. The van der Waals surface area contributed by atoms with Gasteiger partial charge in [0.2, 0.25) is 0 Å². The molecule has 0 saturated carbocycles. The predicted octanol–water partition coefficient (Wildman–Crippen LogP) is 2.91. The summed E-state index contributed by atoms with van der Waals surface area (Å²) in [6, 6.07) is 3.21. The minimum atomic E-state index is -3.21. The van der Waals surface area contributed by atoms with Crippen LogP contribution in [0.15, 0.2) is 21.2 Å². The van der Waals surface area contributed by atoms with Crippen LogP contribution in [0.1, 0.15) is 39.0 Å². The summed E-state index contributed by atoms with van der Waals surface area (Å²) in [5.41, 5.74) is 0. The van der Waals surface area contributed by atoms with Gasteiger partial charge in [-0.25, -0.2) is 8.42 Å². The van der Waals surface area contributed by atoms with Crippen LogP contribution in [-0.4, -0.2) is 26.0 Å². The van der Waals surface area contributed by atoms with Crippen molar-refractivity contribution in [2.75, 3.05) is 12.8 Å². The van der Waals surface area contributed by atoms with E-state index in [1.165, 1.54) is 6.26 Å². The highest BCUT2D eigenvalue weighted by molar-refractivity contribution is 9.10. The Morgan fingerprint density at radius 1 is 1.44 bits per heavy atom. The highest BCUT2D eigenvalue weighted by Crippen LogP contribution is 2.34. The van der Waals surface area contributed by atoms with Crippen molar-refractivity contribution in [1.82, 2.24) is 5.32 Å². The molecule has 0 fully saturated rings. The number of rotatable bonds is 6. The Morgan fingerprint density at radius 3 is 2.44 bits per heavy atom. The Morgan fingerprint density at radius 2 is 2.06 bits per heavy atom. The van der Waals surface area contributed by atoms with Gasteiger partial charge >= 0.3 is 0 Å². The second-order valence-electron chi connectivity index (χ2n) is 4.90. The smallest absolute Gasteiger partial charge is 0.169 e. The van der Waals surface area contributed by atoms with Crippen LogP contribution < -0.4 is 5.32 Å². The average molecular weight is 338 g/mol. The predicted molar refractivity (Wildman–Crippen MR) is 76.4 cm³/mol. The fourth-order valence-electron chi connectivity index (χ4n) is 1.68. The molecule has 18 heavy (non-hydrogen) atoms. The lowest BCUT2D eigenvalue weighted by atomic mass is 10.0. The molecule has 1 unspecified atom stereocenters. The van der Waals surface area contributed by atoms with Crippen LogP contribution in [0, 0.1) is 0 Å². The van der Waals surface area contributed by atoms with Crippen LogP contribution in [-0.2, 0) is 9.84 Å². The van der Waals surface area contributed by atoms with Crippen molar-refractivity contribution in [3.8, 4) is 0 Å². The summed E-state index contributed by atoms with van der Waals surface area (Å²) >= 11 is 3.24. The van der Waals surface area contributed by atoms with Crippen LogP contribution >= 0.6 is 15.9 Å². The van der Waals surface area contributed by atoms with E-state index in [0.717, 1.165) is 13.0 Å². The molecule has 4 nitrogen and oxygen atoms in total. The van der Waals surface area contributed by atoms with Crippen molar-refractivity contribution in [3.63, 3.8) is 0 Å². The number of sulfone groups is 1. The minimum absolute atomic E-state index is 0.362. The van der Waals surface area contributed by atoms with E-state index in [2.05, 4.69) is 21.2 Å². The monoisotopic (exact) mass is 337 g/mol. The van der Waals surface area contributed by atoms with Crippen molar-refractivity contribution in [2.24, 2.45) is 0 Å².